The molecule has 0 saturated heterocycles. The van der Waals surface area contributed by atoms with Gasteiger partial charge in [0.1, 0.15) is 0 Å². The zero-order valence-electron chi connectivity index (χ0n) is 10.0. The Bertz CT molecular complexity index is 672. The summed E-state index contributed by atoms with van der Waals surface area (Å²) in [6.07, 6.45) is 2.97. The molecule has 20 heavy (non-hydrogen) atoms. The molecule has 0 heterocycles. The average Bonchev–Trinajstić information content (AvgIpc) is 2.41. The topological polar surface area (TPSA) is 17.1 Å². The summed E-state index contributed by atoms with van der Waals surface area (Å²) in [5.41, 5.74) is 1.04. The van der Waals surface area contributed by atoms with E-state index in [4.69, 9.17) is 46.4 Å². The Kier molecular flexibility index (Phi) is 5.11. The van der Waals surface area contributed by atoms with Crippen LogP contribution in [-0.4, -0.2) is 5.78 Å². The predicted molar refractivity (Wildman–Crippen MR) is 86.3 cm³/mol. The number of halogens is 4. The van der Waals surface area contributed by atoms with Crippen LogP contribution in [0.5, 0.6) is 0 Å². The van der Waals surface area contributed by atoms with E-state index >= 15 is 0 Å². The van der Waals surface area contributed by atoms with Gasteiger partial charge >= 0.3 is 0 Å². The Labute approximate surface area is 136 Å². The van der Waals surface area contributed by atoms with Crippen molar-refractivity contribution in [1.82, 2.24) is 0 Å². The van der Waals surface area contributed by atoms with Crippen molar-refractivity contribution in [1.29, 1.82) is 0 Å². The minimum absolute atomic E-state index is 0.209. The molecule has 0 unspecified atom stereocenters. The zero-order chi connectivity index (χ0) is 14.7. The van der Waals surface area contributed by atoms with Gasteiger partial charge in [-0.2, -0.15) is 0 Å². The second-order valence-corrected chi connectivity index (χ2v) is 5.59. The Balaban J connectivity index is 2.27. The Hall–Kier alpha value is -0.990. The van der Waals surface area contributed by atoms with Gasteiger partial charge in [0.05, 0.1) is 10.0 Å². The zero-order valence-corrected chi connectivity index (χ0v) is 13.1. The van der Waals surface area contributed by atoms with Gasteiger partial charge in [-0.1, -0.05) is 52.5 Å². The Morgan fingerprint density at radius 1 is 0.850 bits per heavy atom. The van der Waals surface area contributed by atoms with Crippen LogP contribution in [0.2, 0.25) is 20.1 Å². The normalized spacial score (nSPS) is 11.0. The van der Waals surface area contributed by atoms with Crippen LogP contribution in [0.1, 0.15) is 15.9 Å². The fourth-order valence-corrected chi connectivity index (χ4v) is 2.40. The SMILES string of the molecule is O=C(C=Cc1c(Cl)cccc1Cl)c1ccc(Cl)c(Cl)c1. The third-order valence-corrected chi connectivity index (χ3v) is 4.00. The third kappa shape index (κ3) is 3.56. The van der Waals surface area contributed by atoms with E-state index in [-0.39, 0.29) is 5.78 Å². The molecule has 0 bridgehead atoms. The van der Waals surface area contributed by atoms with E-state index in [1.165, 1.54) is 12.1 Å². The predicted octanol–water partition coefficient (Wildman–Crippen LogP) is 6.20. The van der Waals surface area contributed by atoms with Gasteiger partial charge in [0.2, 0.25) is 0 Å². The molecule has 0 fully saturated rings. The van der Waals surface area contributed by atoms with Gasteiger partial charge in [-0.15, -0.1) is 0 Å². The average molecular weight is 346 g/mol. The fraction of sp³-hybridized carbons (Fsp3) is 0. The minimum atomic E-state index is -0.209. The lowest BCUT2D eigenvalue weighted by Crippen LogP contribution is -1.94. The standard InChI is InChI=1S/C15H8Cl4O/c16-11-2-1-3-12(17)10(11)5-7-15(20)9-4-6-13(18)14(19)8-9/h1-8H. The molecular formula is C15H8Cl4O. The molecule has 2 aromatic carbocycles. The van der Waals surface area contributed by atoms with Crippen LogP contribution in [0, 0.1) is 0 Å². The molecule has 0 spiro atoms. The number of hydrogen-bond acceptors (Lipinski definition) is 1. The molecule has 0 aromatic heterocycles. The molecule has 0 N–H and O–H groups in total. The number of hydrogen-bond donors (Lipinski definition) is 0. The first-order chi connectivity index (χ1) is 9.49. The summed E-state index contributed by atoms with van der Waals surface area (Å²) in [7, 11) is 0. The van der Waals surface area contributed by atoms with Crippen LogP contribution < -0.4 is 0 Å². The van der Waals surface area contributed by atoms with Crippen molar-refractivity contribution in [2.45, 2.75) is 0 Å². The second kappa shape index (κ2) is 6.64. The molecule has 102 valence electrons. The molecule has 0 saturated carbocycles. The highest BCUT2D eigenvalue weighted by Crippen LogP contribution is 2.26. The lowest BCUT2D eigenvalue weighted by Gasteiger charge is -2.01. The van der Waals surface area contributed by atoms with Gasteiger partial charge in [-0.25, -0.2) is 0 Å². The summed E-state index contributed by atoms with van der Waals surface area (Å²) < 4.78 is 0. The van der Waals surface area contributed by atoms with Crippen LogP contribution in [-0.2, 0) is 0 Å². The summed E-state index contributed by atoms with van der Waals surface area (Å²) >= 11 is 23.7. The van der Waals surface area contributed by atoms with Crippen LogP contribution in [0.15, 0.2) is 42.5 Å². The number of allylic oxidation sites excluding steroid dienone is 1. The molecular weight excluding hydrogens is 338 g/mol. The molecule has 5 heteroatoms. The lowest BCUT2D eigenvalue weighted by molar-refractivity contribution is 0.104. The first-order valence-electron chi connectivity index (χ1n) is 5.60. The Morgan fingerprint density at radius 2 is 1.50 bits per heavy atom. The van der Waals surface area contributed by atoms with Crippen molar-refractivity contribution in [3.05, 3.63) is 73.7 Å². The lowest BCUT2D eigenvalue weighted by atomic mass is 10.1. The highest BCUT2D eigenvalue weighted by molar-refractivity contribution is 6.42. The van der Waals surface area contributed by atoms with Gasteiger partial charge in [0, 0.05) is 21.2 Å². The smallest absolute Gasteiger partial charge is 0.185 e. The van der Waals surface area contributed by atoms with Crippen molar-refractivity contribution in [3.8, 4) is 0 Å². The van der Waals surface area contributed by atoms with Crippen molar-refractivity contribution < 1.29 is 4.79 Å². The highest BCUT2D eigenvalue weighted by Gasteiger charge is 2.06. The maximum absolute atomic E-state index is 12.0. The summed E-state index contributed by atoms with van der Waals surface area (Å²) in [6.45, 7) is 0. The molecule has 0 radical (unpaired) electrons. The van der Waals surface area contributed by atoms with Crippen molar-refractivity contribution >= 4 is 58.3 Å². The first-order valence-corrected chi connectivity index (χ1v) is 7.11. The summed E-state index contributed by atoms with van der Waals surface area (Å²) in [5.74, 6) is -0.209. The maximum atomic E-state index is 12.0. The molecule has 2 rings (SSSR count). The van der Waals surface area contributed by atoms with E-state index in [2.05, 4.69) is 0 Å². The number of rotatable bonds is 3. The van der Waals surface area contributed by atoms with E-state index in [1.807, 2.05) is 0 Å². The van der Waals surface area contributed by atoms with Gasteiger partial charge in [0.25, 0.3) is 0 Å². The summed E-state index contributed by atoms with van der Waals surface area (Å²) in [4.78, 5) is 12.0. The van der Waals surface area contributed by atoms with Crippen molar-refractivity contribution in [2.75, 3.05) is 0 Å². The molecule has 0 atom stereocenters. The van der Waals surface area contributed by atoms with Crippen molar-refractivity contribution in [2.24, 2.45) is 0 Å². The minimum Gasteiger partial charge on any atom is -0.289 e. The van der Waals surface area contributed by atoms with E-state index in [1.54, 1.807) is 36.4 Å². The molecule has 1 nitrogen and oxygen atoms in total. The van der Waals surface area contributed by atoms with Crippen molar-refractivity contribution in [3.63, 3.8) is 0 Å². The quantitative estimate of drug-likeness (QED) is 0.478. The number of benzene rings is 2. The van der Waals surface area contributed by atoms with E-state index in [9.17, 15) is 4.79 Å². The molecule has 2 aromatic rings. The fourth-order valence-electron chi connectivity index (χ4n) is 1.57. The maximum Gasteiger partial charge on any atom is 0.185 e. The first kappa shape index (κ1) is 15.4. The summed E-state index contributed by atoms with van der Waals surface area (Å²) in [6, 6.07) is 9.85. The third-order valence-electron chi connectivity index (χ3n) is 2.61. The molecule has 0 aliphatic carbocycles. The largest absolute Gasteiger partial charge is 0.289 e. The van der Waals surface area contributed by atoms with Crippen LogP contribution >= 0.6 is 46.4 Å². The Morgan fingerprint density at radius 3 is 2.10 bits per heavy atom. The number of carbonyl (C=O) groups excluding carboxylic acids is 1. The van der Waals surface area contributed by atoms with E-state index < -0.39 is 0 Å². The monoisotopic (exact) mass is 344 g/mol. The van der Waals surface area contributed by atoms with Gasteiger partial charge in [-0.3, -0.25) is 4.79 Å². The van der Waals surface area contributed by atoms with Gasteiger partial charge in [0.15, 0.2) is 5.78 Å². The number of carbonyl (C=O) groups is 1. The highest BCUT2D eigenvalue weighted by atomic mass is 35.5. The van der Waals surface area contributed by atoms with E-state index in [0.29, 0.717) is 31.2 Å². The van der Waals surface area contributed by atoms with E-state index in [0.717, 1.165) is 0 Å². The van der Waals surface area contributed by atoms with Crippen LogP contribution in [0.25, 0.3) is 6.08 Å². The molecule has 0 aliphatic rings. The summed E-state index contributed by atoms with van der Waals surface area (Å²) in [5, 5.41) is 1.70. The van der Waals surface area contributed by atoms with Gasteiger partial charge in [-0.05, 0) is 42.5 Å². The molecule has 0 aliphatic heterocycles. The van der Waals surface area contributed by atoms with Crippen LogP contribution in [0.4, 0.5) is 0 Å². The van der Waals surface area contributed by atoms with Crippen LogP contribution in [0.3, 0.4) is 0 Å². The molecule has 0 amide bonds. The second-order valence-electron chi connectivity index (χ2n) is 3.96. The number of ketones is 1. The van der Waals surface area contributed by atoms with Gasteiger partial charge < -0.3 is 0 Å².